The molecule has 0 saturated heterocycles. The SMILES string of the molecule is CC(=O)N1CCOc2cc3c(cc21)CN(C(=O)c1c(Sc2c(Cl)cccc2Cl)cc(C(F)(F)Cl)[nH]c1=O)C3. The van der Waals surface area contributed by atoms with Crippen molar-refractivity contribution in [2.24, 2.45) is 0 Å². The number of aromatic nitrogens is 1. The summed E-state index contributed by atoms with van der Waals surface area (Å²) >= 11 is 18.5. The van der Waals surface area contributed by atoms with Crippen LogP contribution in [0.3, 0.4) is 0 Å². The third-order valence-electron chi connectivity index (χ3n) is 6.18. The van der Waals surface area contributed by atoms with Gasteiger partial charge in [0, 0.05) is 29.8 Å². The second-order valence-corrected chi connectivity index (χ2v) is 11.0. The quantitative estimate of drug-likeness (QED) is 0.370. The van der Waals surface area contributed by atoms with E-state index in [0.29, 0.717) is 24.6 Å². The van der Waals surface area contributed by atoms with E-state index in [1.807, 2.05) is 4.98 Å². The van der Waals surface area contributed by atoms with E-state index in [1.54, 1.807) is 35.2 Å². The Morgan fingerprint density at radius 1 is 1.11 bits per heavy atom. The largest absolute Gasteiger partial charge is 0.490 e. The first-order chi connectivity index (χ1) is 17.9. The Morgan fingerprint density at radius 2 is 1.76 bits per heavy atom. The summed E-state index contributed by atoms with van der Waals surface area (Å²) in [6.07, 6.45) is 0. The Labute approximate surface area is 234 Å². The van der Waals surface area contributed by atoms with Crippen molar-refractivity contribution in [3.05, 3.63) is 79.2 Å². The number of carbonyl (C=O) groups is 2. The van der Waals surface area contributed by atoms with E-state index in [0.717, 1.165) is 29.0 Å². The molecule has 0 bridgehead atoms. The topological polar surface area (TPSA) is 82.7 Å². The first-order valence-corrected chi connectivity index (χ1v) is 13.2. The third-order valence-corrected chi connectivity index (χ3v) is 8.42. The molecule has 5 rings (SSSR count). The summed E-state index contributed by atoms with van der Waals surface area (Å²) in [7, 11) is 0. The number of alkyl halides is 3. The molecule has 198 valence electrons. The predicted octanol–water partition coefficient (Wildman–Crippen LogP) is 6.02. The fourth-order valence-corrected chi connectivity index (χ4v) is 6.14. The van der Waals surface area contributed by atoms with Gasteiger partial charge in [0.2, 0.25) is 5.91 Å². The van der Waals surface area contributed by atoms with Crippen molar-refractivity contribution in [1.82, 2.24) is 9.88 Å². The van der Waals surface area contributed by atoms with Gasteiger partial charge < -0.3 is 19.5 Å². The van der Waals surface area contributed by atoms with Gasteiger partial charge in [-0.25, -0.2) is 0 Å². The lowest BCUT2D eigenvalue weighted by molar-refractivity contribution is -0.116. The van der Waals surface area contributed by atoms with Crippen LogP contribution in [0.25, 0.3) is 0 Å². The monoisotopic (exact) mass is 599 g/mol. The molecule has 0 fully saturated rings. The van der Waals surface area contributed by atoms with Crippen LogP contribution < -0.4 is 15.2 Å². The highest BCUT2D eigenvalue weighted by molar-refractivity contribution is 7.99. The summed E-state index contributed by atoms with van der Waals surface area (Å²) in [4.78, 5) is 44.0. The maximum Gasteiger partial charge on any atom is 0.362 e. The molecule has 7 nitrogen and oxygen atoms in total. The van der Waals surface area contributed by atoms with E-state index >= 15 is 0 Å². The summed E-state index contributed by atoms with van der Waals surface area (Å²) in [5.41, 5.74) is -0.0865. The number of fused-ring (bicyclic) bond motifs is 2. The standard InChI is InChI=1S/C25H18Cl3F2N3O4S/c1-12(34)33-5-6-37-18-8-14-11-32(10-13(14)7-17(18)33)24(36)21-19(9-20(25(28,29)30)31-23(21)35)38-22-15(26)3-2-4-16(22)27/h2-4,7-9H,5-6,10-11H2,1H3,(H,31,35). The number of nitrogens with one attached hydrogen (secondary N) is 1. The van der Waals surface area contributed by atoms with Crippen LogP contribution in [-0.2, 0) is 23.3 Å². The molecule has 0 atom stereocenters. The van der Waals surface area contributed by atoms with Crippen LogP contribution in [0.4, 0.5) is 14.5 Å². The van der Waals surface area contributed by atoms with Gasteiger partial charge >= 0.3 is 5.38 Å². The van der Waals surface area contributed by atoms with E-state index in [-0.39, 0.29) is 44.4 Å². The zero-order chi connectivity index (χ0) is 27.4. The maximum atomic E-state index is 14.0. The van der Waals surface area contributed by atoms with Crippen LogP contribution in [0, 0.1) is 0 Å². The number of halogens is 5. The number of benzene rings is 2. The number of hydrogen-bond donors (Lipinski definition) is 1. The minimum absolute atomic E-state index is 0.0783. The highest BCUT2D eigenvalue weighted by Crippen LogP contribution is 2.42. The lowest BCUT2D eigenvalue weighted by Crippen LogP contribution is -2.36. The molecule has 2 aliphatic rings. The van der Waals surface area contributed by atoms with E-state index < -0.39 is 22.5 Å². The molecule has 3 aromatic rings. The average molecular weight is 601 g/mol. The van der Waals surface area contributed by atoms with E-state index in [4.69, 9.17) is 39.5 Å². The van der Waals surface area contributed by atoms with Crippen molar-refractivity contribution >= 4 is 64.1 Å². The van der Waals surface area contributed by atoms with Crippen molar-refractivity contribution < 1.29 is 23.1 Å². The summed E-state index contributed by atoms with van der Waals surface area (Å²) < 4.78 is 33.6. The van der Waals surface area contributed by atoms with Gasteiger partial charge in [0.15, 0.2) is 0 Å². The number of aromatic amines is 1. The van der Waals surface area contributed by atoms with Gasteiger partial charge in [-0.15, -0.1) is 0 Å². The first-order valence-electron chi connectivity index (χ1n) is 11.3. The fraction of sp³-hybridized carbons (Fsp3) is 0.240. The number of rotatable bonds is 4. The number of hydrogen-bond acceptors (Lipinski definition) is 5. The average Bonchev–Trinajstić information content (AvgIpc) is 3.26. The van der Waals surface area contributed by atoms with Crippen molar-refractivity contribution in [3.63, 3.8) is 0 Å². The summed E-state index contributed by atoms with van der Waals surface area (Å²) in [6.45, 7) is 2.49. The van der Waals surface area contributed by atoms with E-state index in [2.05, 4.69) is 0 Å². The lowest BCUT2D eigenvalue weighted by Gasteiger charge is -2.29. The Kier molecular flexibility index (Phi) is 7.10. The highest BCUT2D eigenvalue weighted by Gasteiger charge is 2.35. The smallest absolute Gasteiger partial charge is 0.362 e. The molecule has 0 radical (unpaired) electrons. The maximum absolute atomic E-state index is 14.0. The number of H-pyrrole nitrogens is 1. The molecule has 2 aliphatic heterocycles. The van der Waals surface area contributed by atoms with E-state index in [9.17, 15) is 23.2 Å². The predicted molar refractivity (Wildman–Crippen MR) is 141 cm³/mol. The third kappa shape index (κ3) is 4.98. The Hall–Kier alpha value is -2.79. The first kappa shape index (κ1) is 26.8. The lowest BCUT2D eigenvalue weighted by atomic mass is 10.1. The zero-order valence-corrected chi connectivity index (χ0v) is 22.7. The second kappa shape index (κ2) is 10.1. The molecular formula is C25H18Cl3F2N3O4S. The highest BCUT2D eigenvalue weighted by atomic mass is 35.5. The molecular weight excluding hydrogens is 583 g/mol. The number of anilines is 1. The van der Waals surface area contributed by atoms with Crippen molar-refractivity contribution in [3.8, 4) is 5.75 Å². The zero-order valence-electron chi connectivity index (χ0n) is 19.6. The molecule has 3 heterocycles. The van der Waals surface area contributed by atoms with Gasteiger partial charge in [-0.1, -0.05) is 41.0 Å². The van der Waals surface area contributed by atoms with Crippen molar-refractivity contribution in [2.45, 2.75) is 35.2 Å². The molecule has 13 heteroatoms. The second-order valence-electron chi connectivity index (χ2n) is 8.67. The minimum atomic E-state index is -3.88. The van der Waals surface area contributed by atoms with Crippen LogP contribution in [0.15, 0.2) is 51.0 Å². The number of nitrogens with zero attached hydrogens (tertiary/aromatic N) is 2. The van der Waals surface area contributed by atoms with Crippen LogP contribution in [0.1, 0.15) is 34.1 Å². The van der Waals surface area contributed by atoms with Gasteiger partial charge in [-0.3, -0.25) is 14.4 Å². The molecule has 1 N–H and O–H groups in total. The Bertz CT molecular complexity index is 1520. The van der Waals surface area contributed by atoms with Crippen LogP contribution >= 0.6 is 46.6 Å². The number of amides is 2. The number of carbonyl (C=O) groups excluding carboxylic acids is 2. The molecule has 2 amide bonds. The van der Waals surface area contributed by atoms with Gasteiger partial charge in [0.05, 0.1) is 22.3 Å². The van der Waals surface area contributed by atoms with Gasteiger partial charge in [-0.05, 0) is 53.1 Å². The molecule has 2 aromatic carbocycles. The number of ether oxygens (including phenoxy) is 1. The van der Waals surface area contributed by atoms with Crippen LogP contribution in [0.2, 0.25) is 10.0 Å². The molecule has 0 aliphatic carbocycles. The minimum Gasteiger partial charge on any atom is -0.490 e. The summed E-state index contributed by atoms with van der Waals surface area (Å²) in [6, 6.07) is 9.22. The normalized spacial score (nSPS) is 14.7. The molecule has 0 unspecified atom stereocenters. The molecule has 38 heavy (non-hydrogen) atoms. The molecule has 1 aromatic heterocycles. The summed E-state index contributed by atoms with van der Waals surface area (Å²) in [5, 5.41) is -3.45. The summed E-state index contributed by atoms with van der Waals surface area (Å²) in [5.74, 6) is -0.293. The van der Waals surface area contributed by atoms with E-state index in [1.165, 1.54) is 11.8 Å². The number of pyridine rings is 1. The van der Waals surface area contributed by atoms with Crippen LogP contribution in [0.5, 0.6) is 5.75 Å². The van der Waals surface area contributed by atoms with Crippen molar-refractivity contribution in [1.29, 1.82) is 0 Å². The van der Waals surface area contributed by atoms with Gasteiger partial charge in [0.25, 0.3) is 11.5 Å². The fourth-order valence-electron chi connectivity index (χ4n) is 4.40. The molecule has 0 spiro atoms. The van der Waals surface area contributed by atoms with Gasteiger partial charge in [0.1, 0.15) is 23.6 Å². The Morgan fingerprint density at radius 3 is 2.39 bits per heavy atom. The molecule has 0 saturated carbocycles. The van der Waals surface area contributed by atoms with Crippen molar-refractivity contribution in [2.75, 3.05) is 18.1 Å². The Balaban J connectivity index is 1.53. The van der Waals surface area contributed by atoms with Gasteiger partial charge in [-0.2, -0.15) is 8.78 Å². The van der Waals surface area contributed by atoms with Crippen LogP contribution in [-0.4, -0.2) is 34.8 Å².